The van der Waals surface area contributed by atoms with Crippen LogP contribution in [-0.2, 0) is 14.6 Å². The molecule has 2 aromatic carbocycles. The molecule has 0 spiro atoms. The van der Waals surface area contributed by atoms with Crippen LogP contribution >= 0.6 is 0 Å². The highest BCUT2D eigenvalue weighted by Gasteiger charge is 2.26. The Labute approximate surface area is 158 Å². The van der Waals surface area contributed by atoms with E-state index < -0.39 is 9.84 Å². The molecule has 2 heterocycles. The van der Waals surface area contributed by atoms with Gasteiger partial charge >= 0.3 is 0 Å². The van der Waals surface area contributed by atoms with E-state index in [2.05, 4.69) is 5.32 Å². The highest BCUT2D eigenvalue weighted by Crippen LogP contribution is 2.28. The van der Waals surface area contributed by atoms with Crippen LogP contribution in [0.3, 0.4) is 0 Å². The summed E-state index contributed by atoms with van der Waals surface area (Å²) >= 11 is 0. The number of carbonyl (C=O) groups is 1. The van der Waals surface area contributed by atoms with Crippen molar-refractivity contribution in [2.45, 2.75) is 19.3 Å². The van der Waals surface area contributed by atoms with Crippen LogP contribution in [0.15, 0.2) is 59.0 Å². The van der Waals surface area contributed by atoms with E-state index in [1.54, 1.807) is 0 Å². The molecule has 4 rings (SSSR count). The Balaban J connectivity index is 1.41. The number of anilines is 1. The molecule has 5 nitrogen and oxygen atoms in total. The highest BCUT2D eigenvalue weighted by atomic mass is 32.2. The minimum absolute atomic E-state index is 0.0847. The van der Waals surface area contributed by atoms with Crippen LogP contribution in [0.2, 0.25) is 0 Å². The minimum atomic E-state index is -2.99. The summed E-state index contributed by atoms with van der Waals surface area (Å²) in [5, 5.41) is 3.91. The molecule has 6 heteroatoms. The first-order valence-electron chi connectivity index (χ1n) is 9.08. The van der Waals surface area contributed by atoms with Crippen molar-refractivity contribution in [3.8, 4) is 11.3 Å². The maximum absolute atomic E-state index is 12.2. The number of fused-ring (bicyclic) bond motifs is 1. The summed E-state index contributed by atoms with van der Waals surface area (Å²) in [5.41, 5.74) is 2.47. The Kier molecular flexibility index (Phi) is 4.74. The van der Waals surface area contributed by atoms with E-state index in [-0.39, 0.29) is 29.8 Å². The lowest BCUT2D eigenvalue weighted by Gasteiger charge is -2.21. The lowest BCUT2D eigenvalue weighted by atomic mass is 10.0. The van der Waals surface area contributed by atoms with Gasteiger partial charge in [-0.2, -0.15) is 0 Å². The van der Waals surface area contributed by atoms with Crippen LogP contribution in [0, 0.1) is 5.92 Å². The molecular formula is C21H21NO4S. The molecule has 1 aromatic heterocycles. The fraction of sp³-hybridized carbons (Fsp3) is 0.286. The molecule has 1 amide bonds. The quantitative estimate of drug-likeness (QED) is 0.731. The molecule has 1 aliphatic rings. The fourth-order valence-electron chi connectivity index (χ4n) is 3.59. The topological polar surface area (TPSA) is 76.4 Å². The van der Waals surface area contributed by atoms with E-state index in [1.807, 2.05) is 54.6 Å². The van der Waals surface area contributed by atoms with Gasteiger partial charge in [-0.3, -0.25) is 4.79 Å². The van der Waals surface area contributed by atoms with Crippen molar-refractivity contribution in [1.29, 1.82) is 0 Å². The SMILES string of the molecule is O=C(CC1CCCS(=O)(=O)C1)Nc1ccc(-c2cc3ccccc3o2)cc1. The zero-order chi connectivity index (χ0) is 18.9. The van der Waals surface area contributed by atoms with Crippen LogP contribution in [0.1, 0.15) is 19.3 Å². The van der Waals surface area contributed by atoms with Gasteiger partial charge in [0.1, 0.15) is 11.3 Å². The third-order valence-electron chi connectivity index (χ3n) is 4.91. The van der Waals surface area contributed by atoms with E-state index in [1.165, 1.54) is 0 Å². The first-order chi connectivity index (χ1) is 13.0. The lowest BCUT2D eigenvalue weighted by Crippen LogP contribution is -2.28. The summed E-state index contributed by atoms with van der Waals surface area (Å²) in [4.78, 5) is 12.2. The monoisotopic (exact) mass is 383 g/mol. The number of amides is 1. The van der Waals surface area contributed by atoms with Crippen LogP contribution in [0.25, 0.3) is 22.3 Å². The van der Waals surface area contributed by atoms with Crippen molar-refractivity contribution in [2.75, 3.05) is 16.8 Å². The molecule has 1 unspecified atom stereocenters. The van der Waals surface area contributed by atoms with Gasteiger partial charge in [-0.1, -0.05) is 18.2 Å². The maximum atomic E-state index is 12.2. The standard InChI is InChI=1S/C21H21NO4S/c23-21(12-15-4-3-11-27(24,25)14-15)22-18-9-7-16(8-10-18)20-13-17-5-1-2-6-19(17)26-20/h1-2,5-10,13,15H,3-4,11-12,14H2,(H,22,23). The Morgan fingerprint density at radius 1 is 1.11 bits per heavy atom. The normalized spacial score (nSPS) is 19.0. The number of para-hydroxylation sites is 1. The van der Waals surface area contributed by atoms with Gasteiger partial charge in [0.25, 0.3) is 0 Å². The Morgan fingerprint density at radius 3 is 2.63 bits per heavy atom. The first-order valence-corrected chi connectivity index (χ1v) is 10.9. The number of nitrogens with one attached hydrogen (secondary N) is 1. The molecule has 0 radical (unpaired) electrons. The van der Waals surface area contributed by atoms with Crippen molar-refractivity contribution < 1.29 is 17.6 Å². The molecule has 1 fully saturated rings. The summed E-state index contributed by atoms with van der Waals surface area (Å²) in [6.45, 7) is 0. The molecule has 3 aromatic rings. The van der Waals surface area contributed by atoms with Gasteiger partial charge in [-0.25, -0.2) is 8.42 Å². The molecular weight excluding hydrogens is 362 g/mol. The zero-order valence-corrected chi connectivity index (χ0v) is 15.7. The van der Waals surface area contributed by atoms with Crippen molar-refractivity contribution in [3.05, 3.63) is 54.6 Å². The molecule has 1 aliphatic heterocycles. The molecule has 0 saturated carbocycles. The smallest absolute Gasteiger partial charge is 0.224 e. The second-order valence-corrected chi connectivity index (χ2v) is 9.33. The number of carbonyl (C=O) groups excluding carboxylic acids is 1. The first kappa shape index (κ1) is 17.8. The Bertz CT molecular complexity index is 1030. The van der Waals surface area contributed by atoms with E-state index in [4.69, 9.17) is 4.42 Å². The van der Waals surface area contributed by atoms with Gasteiger partial charge in [-0.05, 0) is 55.2 Å². The highest BCUT2D eigenvalue weighted by molar-refractivity contribution is 7.91. The van der Waals surface area contributed by atoms with Gasteiger partial charge in [0, 0.05) is 23.1 Å². The number of benzene rings is 2. The van der Waals surface area contributed by atoms with Crippen molar-refractivity contribution >= 4 is 32.4 Å². The minimum Gasteiger partial charge on any atom is -0.456 e. The molecule has 0 bridgehead atoms. The van der Waals surface area contributed by atoms with Crippen LogP contribution in [0.5, 0.6) is 0 Å². The van der Waals surface area contributed by atoms with E-state index in [9.17, 15) is 13.2 Å². The van der Waals surface area contributed by atoms with Crippen molar-refractivity contribution in [2.24, 2.45) is 5.92 Å². The molecule has 1 N–H and O–H groups in total. The summed E-state index contributed by atoms with van der Waals surface area (Å²) < 4.78 is 29.2. The number of rotatable bonds is 4. The third kappa shape index (κ3) is 4.22. The van der Waals surface area contributed by atoms with Crippen molar-refractivity contribution in [3.63, 3.8) is 0 Å². The second kappa shape index (κ2) is 7.19. The predicted octanol–water partition coefficient (Wildman–Crippen LogP) is 4.25. The van der Waals surface area contributed by atoms with Crippen LogP contribution in [-0.4, -0.2) is 25.8 Å². The van der Waals surface area contributed by atoms with Gasteiger partial charge in [0.2, 0.25) is 5.91 Å². The predicted molar refractivity (Wildman–Crippen MR) is 106 cm³/mol. The maximum Gasteiger partial charge on any atom is 0.224 e. The molecule has 1 atom stereocenters. The zero-order valence-electron chi connectivity index (χ0n) is 14.9. The second-order valence-electron chi connectivity index (χ2n) is 7.10. The lowest BCUT2D eigenvalue weighted by molar-refractivity contribution is -0.117. The number of sulfone groups is 1. The van der Waals surface area contributed by atoms with Gasteiger partial charge in [0.05, 0.1) is 11.5 Å². The van der Waals surface area contributed by atoms with Gasteiger partial charge < -0.3 is 9.73 Å². The van der Waals surface area contributed by atoms with Crippen LogP contribution < -0.4 is 5.32 Å². The number of hydrogen-bond donors (Lipinski definition) is 1. The largest absolute Gasteiger partial charge is 0.456 e. The van der Waals surface area contributed by atoms with E-state index in [0.29, 0.717) is 12.1 Å². The Hall–Kier alpha value is -2.60. The summed E-state index contributed by atoms with van der Waals surface area (Å²) in [5.74, 6) is 0.911. The average molecular weight is 383 g/mol. The van der Waals surface area contributed by atoms with Gasteiger partial charge in [0.15, 0.2) is 9.84 Å². The molecule has 0 aliphatic carbocycles. The Morgan fingerprint density at radius 2 is 1.89 bits per heavy atom. The molecule has 27 heavy (non-hydrogen) atoms. The van der Waals surface area contributed by atoms with Gasteiger partial charge in [-0.15, -0.1) is 0 Å². The average Bonchev–Trinajstić information content (AvgIpc) is 3.05. The molecule has 140 valence electrons. The van der Waals surface area contributed by atoms with Crippen molar-refractivity contribution in [1.82, 2.24) is 0 Å². The van der Waals surface area contributed by atoms with E-state index in [0.717, 1.165) is 28.7 Å². The number of furan rings is 1. The summed E-state index contributed by atoms with van der Waals surface area (Å²) in [6, 6.07) is 17.3. The van der Waals surface area contributed by atoms with Crippen LogP contribution in [0.4, 0.5) is 5.69 Å². The molecule has 1 saturated heterocycles. The van der Waals surface area contributed by atoms with E-state index >= 15 is 0 Å². The third-order valence-corrected chi connectivity index (χ3v) is 6.80. The fourth-order valence-corrected chi connectivity index (χ4v) is 5.37. The summed E-state index contributed by atoms with van der Waals surface area (Å²) in [6.07, 6.45) is 1.68. The summed E-state index contributed by atoms with van der Waals surface area (Å²) in [7, 11) is -2.99. The number of hydrogen-bond acceptors (Lipinski definition) is 4.